The molecule has 0 aliphatic rings. The summed E-state index contributed by atoms with van der Waals surface area (Å²) in [5.74, 6) is 0.305. The number of phenols is 1. The van der Waals surface area contributed by atoms with Gasteiger partial charge >= 0.3 is 0 Å². The highest BCUT2D eigenvalue weighted by atomic mass is 19.1. The molecule has 0 bridgehead atoms. The van der Waals surface area contributed by atoms with Crippen LogP contribution in [-0.2, 0) is 0 Å². The lowest BCUT2D eigenvalue weighted by Gasteiger charge is -2.18. The third kappa shape index (κ3) is 3.75. The highest BCUT2D eigenvalue weighted by molar-refractivity contribution is 5.48. The van der Waals surface area contributed by atoms with Crippen molar-refractivity contribution in [3.05, 3.63) is 59.4 Å². The predicted molar refractivity (Wildman–Crippen MR) is 85.3 cm³/mol. The molecule has 0 amide bonds. The Bertz CT molecular complexity index is 595. The molecule has 2 N–H and O–H groups in total. The van der Waals surface area contributed by atoms with Gasteiger partial charge in [-0.3, -0.25) is 0 Å². The van der Waals surface area contributed by atoms with Crippen molar-refractivity contribution >= 4 is 5.69 Å². The second-order valence-corrected chi connectivity index (χ2v) is 5.50. The van der Waals surface area contributed by atoms with E-state index in [2.05, 4.69) is 31.3 Å². The minimum atomic E-state index is -0.344. The topological polar surface area (TPSA) is 32.3 Å². The number of benzene rings is 2. The molecule has 0 aliphatic carbocycles. The summed E-state index contributed by atoms with van der Waals surface area (Å²) in [6, 6.07) is 12.1. The van der Waals surface area contributed by atoms with E-state index in [1.807, 2.05) is 19.1 Å². The zero-order valence-corrected chi connectivity index (χ0v) is 12.7. The van der Waals surface area contributed by atoms with Gasteiger partial charge in [0, 0.05) is 11.3 Å². The standard InChI is InChI=1S/C18H22FNO/c1-4-12(2)14-5-8-16(9-6-14)20-13(3)17-11-15(19)7-10-18(17)21/h5-13,20-21H,4H2,1-3H3. The van der Waals surface area contributed by atoms with Gasteiger partial charge in [-0.2, -0.15) is 0 Å². The van der Waals surface area contributed by atoms with E-state index >= 15 is 0 Å². The Morgan fingerprint density at radius 1 is 1.10 bits per heavy atom. The van der Waals surface area contributed by atoms with Crippen molar-refractivity contribution in [1.29, 1.82) is 0 Å². The molecule has 2 rings (SSSR count). The third-order valence-corrected chi connectivity index (χ3v) is 3.93. The fourth-order valence-corrected chi connectivity index (χ4v) is 2.34. The molecule has 3 heteroatoms. The fraction of sp³-hybridized carbons (Fsp3) is 0.333. The van der Waals surface area contributed by atoms with E-state index in [1.165, 1.54) is 23.8 Å². The van der Waals surface area contributed by atoms with Gasteiger partial charge < -0.3 is 10.4 Å². The van der Waals surface area contributed by atoms with Crippen molar-refractivity contribution in [2.75, 3.05) is 5.32 Å². The van der Waals surface area contributed by atoms with E-state index in [9.17, 15) is 9.50 Å². The number of anilines is 1. The molecule has 0 heterocycles. The Kier molecular flexibility index (Phi) is 4.84. The number of hydrogen-bond acceptors (Lipinski definition) is 2. The van der Waals surface area contributed by atoms with E-state index in [1.54, 1.807) is 0 Å². The van der Waals surface area contributed by atoms with E-state index in [0.29, 0.717) is 11.5 Å². The molecule has 0 aliphatic heterocycles. The highest BCUT2D eigenvalue weighted by Crippen LogP contribution is 2.28. The van der Waals surface area contributed by atoms with E-state index < -0.39 is 0 Å². The molecule has 0 aromatic heterocycles. The molecule has 0 spiro atoms. The van der Waals surface area contributed by atoms with Crippen molar-refractivity contribution in [3.8, 4) is 5.75 Å². The van der Waals surface area contributed by atoms with Crippen molar-refractivity contribution in [3.63, 3.8) is 0 Å². The van der Waals surface area contributed by atoms with Crippen LogP contribution in [0.15, 0.2) is 42.5 Å². The molecule has 2 aromatic carbocycles. The van der Waals surface area contributed by atoms with Crippen molar-refractivity contribution in [1.82, 2.24) is 0 Å². The van der Waals surface area contributed by atoms with Crippen LogP contribution in [0, 0.1) is 5.82 Å². The smallest absolute Gasteiger partial charge is 0.123 e. The van der Waals surface area contributed by atoms with Crippen molar-refractivity contribution < 1.29 is 9.50 Å². The molecule has 0 saturated heterocycles. The first kappa shape index (κ1) is 15.4. The van der Waals surface area contributed by atoms with Crippen LogP contribution in [0.5, 0.6) is 5.75 Å². The van der Waals surface area contributed by atoms with Gasteiger partial charge in [-0.25, -0.2) is 4.39 Å². The SMILES string of the molecule is CCC(C)c1ccc(NC(C)c2cc(F)ccc2O)cc1. The van der Waals surface area contributed by atoms with Crippen LogP contribution < -0.4 is 5.32 Å². The summed E-state index contributed by atoms with van der Waals surface area (Å²) in [6.07, 6.45) is 1.11. The van der Waals surface area contributed by atoms with Crippen LogP contribution in [0.2, 0.25) is 0 Å². The number of phenolic OH excluding ortho intramolecular Hbond substituents is 1. The Balaban J connectivity index is 2.12. The Hall–Kier alpha value is -2.03. The van der Waals surface area contributed by atoms with Gasteiger partial charge in [-0.15, -0.1) is 0 Å². The average Bonchev–Trinajstić information content (AvgIpc) is 2.49. The van der Waals surface area contributed by atoms with Crippen LogP contribution in [0.3, 0.4) is 0 Å². The van der Waals surface area contributed by atoms with Crippen LogP contribution in [0.1, 0.15) is 50.3 Å². The van der Waals surface area contributed by atoms with Gasteiger partial charge in [0.1, 0.15) is 11.6 Å². The molecule has 0 fully saturated rings. The highest BCUT2D eigenvalue weighted by Gasteiger charge is 2.11. The summed E-state index contributed by atoms with van der Waals surface area (Å²) in [6.45, 7) is 6.28. The molecular formula is C18H22FNO. The molecular weight excluding hydrogens is 265 g/mol. The quantitative estimate of drug-likeness (QED) is 0.790. The number of nitrogens with one attached hydrogen (secondary N) is 1. The Morgan fingerprint density at radius 2 is 1.76 bits per heavy atom. The minimum absolute atomic E-state index is 0.104. The molecule has 0 radical (unpaired) electrons. The van der Waals surface area contributed by atoms with Crippen LogP contribution >= 0.6 is 0 Å². The zero-order chi connectivity index (χ0) is 15.4. The summed E-state index contributed by atoms with van der Waals surface area (Å²) in [7, 11) is 0. The largest absolute Gasteiger partial charge is 0.508 e. The number of halogens is 1. The predicted octanol–water partition coefficient (Wildman–Crippen LogP) is 5.22. The second kappa shape index (κ2) is 6.61. The fourth-order valence-electron chi connectivity index (χ4n) is 2.34. The summed E-state index contributed by atoms with van der Waals surface area (Å²) in [5.41, 5.74) is 2.82. The normalized spacial score (nSPS) is 13.7. The van der Waals surface area contributed by atoms with Gasteiger partial charge in [0.05, 0.1) is 6.04 Å². The molecule has 2 atom stereocenters. The summed E-state index contributed by atoms with van der Waals surface area (Å²) >= 11 is 0. The van der Waals surface area contributed by atoms with Gasteiger partial charge in [0.15, 0.2) is 0 Å². The maximum absolute atomic E-state index is 13.3. The molecule has 2 aromatic rings. The lowest BCUT2D eigenvalue weighted by Crippen LogP contribution is -2.07. The maximum atomic E-state index is 13.3. The second-order valence-electron chi connectivity index (χ2n) is 5.50. The summed E-state index contributed by atoms with van der Waals surface area (Å²) < 4.78 is 13.3. The molecule has 2 nitrogen and oxygen atoms in total. The van der Waals surface area contributed by atoms with Gasteiger partial charge in [0.25, 0.3) is 0 Å². The first-order valence-electron chi connectivity index (χ1n) is 7.36. The maximum Gasteiger partial charge on any atom is 0.123 e. The van der Waals surface area contributed by atoms with E-state index in [0.717, 1.165) is 12.1 Å². The van der Waals surface area contributed by atoms with E-state index in [-0.39, 0.29) is 17.6 Å². The van der Waals surface area contributed by atoms with Crippen LogP contribution in [0.25, 0.3) is 0 Å². The molecule has 21 heavy (non-hydrogen) atoms. The average molecular weight is 287 g/mol. The van der Waals surface area contributed by atoms with Crippen molar-refractivity contribution in [2.24, 2.45) is 0 Å². The first-order chi connectivity index (χ1) is 10.0. The monoisotopic (exact) mass is 287 g/mol. The molecule has 0 saturated carbocycles. The number of hydrogen-bond donors (Lipinski definition) is 2. The van der Waals surface area contributed by atoms with Crippen LogP contribution in [-0.4, -0.2) is 5.11 Å². The first-order valence-corrected chi connectivity index (χ1v) is 7.36. The molecule has 112 valence electrons. The van der Waals surface area contributed by atoms with Gasteiger partial charge in [-0.1, -0.05) is 26.0 Å². The summed E-state index contributed by atoms with van der Waals surface area (Å²) in [5, 5.41) is 13.1. The van der Waals surface area contributed by atoms with E-state index in [4.69, 9.17) is 0 Å². The molecule has 2 unspecified atom stereocenters. The minimum Gasteiger partial charge on any atom is -0.508 e. The van der Waals surface area contributed by atoms with Crippen LogP contribution in [0.4, 0.5) is 10.1 Å². The lowest BCUT2D eigenvalue weighted by molar-refractivity contribution is 0.462. The Morgan fingerprint density at radius 3 is 2.38 bits per heavy atom. The number of rotatable bonds is 5. The number of aromatic hydroxyl groups is 1. The zero-order valence-electron chi connectivity index (χ0n) is 12.7. The lowest BCUT2D eigenvalue weighted by atomic mass is 9.98. The Labute approximate surface area is 125 Å². The van der Waals surface area contributed by atoms with Crippen molar-refractivity contribution in [2.45, 2.75) is 39.2 Å². The summed E-state index contributed by atoms with van der Waals surface area (Å²) in [4.78, 5) is 0. The third-order valence-electron chi connectivity index (χ3n) is 3.93. The van der Waals surface area contributed by atoms with Gasteiger partial charge in [0.2, 0.25) is 0 Å². The van der Waals surface area contributed by atoms with Gasteiger partial charge in [-0.05, 0) is 55.2 Å².